The molecule has 128 valence electrons. The highest BCUT2D eigenvalue weighted by Gasteiger charge is 2.07. The molecule has 1 aromatic rings. The lowest BCUT2D eigenvalue weighted by molar-refractivity contribution is -0.121. The monoisotopic (exact) mass is 322 g/mol. The Morgan fingerprint density at radius 2 is 1.83 bits per heavy atom. The molecule has 0 aliphatic rings. The molecule has 0 unspecified atom stereocenters. The van der Waals surface area contributed by atoms with E-state index < -0.39 is 6.09 Å². The first-order valence-corrected chi connectivity index (χ1v) is 7.88. The van der Waals surface area contributed by atoms with E-state index in [0.717, 1.165) is 11.1 Å². The van der Waals surface area contributed by atoms with Gasteiger partial charge in [-0.1, -0.05) is 24.3 Å². The van der Waals surface area contributed by atoms with Crippen LogP contribution < -0.4 is 10.6 Å². The number of carbonyl (C=O) groups excluding carboxylic acids is 2. The van der Waals surface area contributed by atoms with Crippen LogP contribution in [-0.4, -0.2) is 31.3 Å². The van der Waals surface area contributed by atoms with Crippen molar-refractivity contribution in [1.82, 2.24) is 10.6 Å². The smallest absolute Gasteiger partial charge is 0.407 e. The summed E-state index contributed by atoms with van der Waals surface area (Å²) in [5.74, 6) is -0.124. The number of rotatable bonds is 9. The van der Waals surface area contributed by atoms with Crippen molar-refractivity contribution in [3.63, 3.8) is 0 Å². The molecule has 6 heteroatoms. The second-order valence-electron chi connectivity index (χ2n) is 5.30. The number of hydrogen-bond donors (Lipinski definition) is 2. The Balaban J connectivity index is 2.36. The fraction of sp³-hybridized carbons (Fsp3) is 0.529. The first kappa shape index (κ1) is 19.0. The molecule has 0 aliphatic heterocycles. The molecule has 0 fully saturated rings. The molecule has 0 bridgehead atoms. The number of carbonyl (C=O) groups is 2. The van der Waals surface area contributed by atoms with E-state index in [0.29, 0.717) is 19.8 Å². The first-order valence-electron chi connectivity index (χ1n) is 7.88. The maximum absolute atomic E-state index is 11.8. The highest BCUT2D eigenvalue weighted by molar-refractivity contribution is 5.77. The fourth-order valence-corrected chi connectivity index (χ4v) is 1.87. The zero-order valence-corrected chi connectivity index (χ0v) is 14.1. The van der Waals surface area contributed by atoms with Gasteiger partial charge in [0.15, 0.2) is 0 Å². The molecule has 0 saturated carbocycles. The Bertz CT molecular complexity index is 503. The molecule has 1 aromatic carbocycles. The summed E-state index contributed by atoms with van der Waals surface area (Å²) < 4.78 is 10.3. The summed E-state index contributed by atoms with van der Waals surface area (Å²) in [6, 6.07) is 7.85. The second-order valence-corrected chi connectivity index (χ2v) is 5.30. The molecule has 0 aromatic heterocycles. The van der Waals surface area contributed by atoms with E-state index in [1.807, 2.05) is 38.1 Å². The van der Waals surface area contributed by atoms with Gasteiger partial charge in [0, 0.05) is 19.5 Å². The number of nitrogens with one attached hydrogen (secondary N) is 2. The summed E-state index contributed by atoms with van der Waals surface area (Å²) in [5.41, 5.74) is 2.09. The van der Waals surface area contributed by atoms with E-state index in [2.05, 4.69) is 10.6 Å². The minimum Gasteiger partial charge on any atom is -0.450 e. The van der Waals surface area contributed by atoms with E-state index in [1.54, 1.807) is 6.92 Å². The normalized spacial score (nSPS) is 10.4. The highest BCUT2D eigenvalue weighted by Crippen LogP contribution is 2.11. The molecule has 0 spiro atoms. The molecule has 0 aliphatic carbocycles. The zero-order valence-electron chi connectivity index (χ0n) is 14.1. The largest absolute Gasteiger partial charge is 0.450 e. The topological polar surface area (TPSA) is 76.7 Å². The van der Waals surface area contributed by atoms with Crippen molar-refractivity contribution in [2.75, 3.05) is 13.2 Å². The van der Waals surface area contributed by atoms with Crippen molar-refractivity contribution in [3.05, 3.63) is 35.4 Å². The number of benzene rings is 1. The molecule has 0 radical (unpaired) electrons. The van der Waals surface area contributed by atoms with Crippen LogP contribution in [0.5, 0.6) is 0 Å². The average molecular weight is 322 g/mol. The third-order valence-corrected chi connectivity index (χ3v) is 3.06. The maximum Gasteiger partial charge on any atom is 0.407 e. The number of hydrogen-bond acceptors (Lipinski definition) is 4. The van der Waals surface area contributed by atoms with Crippen LogP contribution in [0.3, 0.4) is 0 Å². The van der Waals surface area contributed by atoms with Gasteiger partial charge < -0.3 is 20.1 Å². The third kappa shape index (κ3) is 8.21. The molecule has 1 rings (SSSR count). The Morgan fingerprint density at radius 3 is 2.48 bits per heavy atom. The lowest BCUT2D eigenvalue weighted by Crippen LogP contribution is -2.31. The third-order valence-electron chi connectivity index (χ3n) is 3.06. The van der Waals surface area contributed by atoms with Gasteiger partial charge in [0.05, 0.1) is 19.3 Å². The Morgan fingerprint density at radius 1 is 1.13 bits per heavy atom. The lowest BCUT2D eigenvalue weighted by atomic mass is 10.1. The Hall–Kier alpha value is -2.08. The van der Waals surface area contributed by atoms with Crippen LogP contribution in [0, 0.1) is 0 Å². The summed E-state index contributed by atoms with van der Waals surface area (Å²) >= 11 is 0. The number of alkyl carbamates (subject to hydrolysis) is 1. The minimum absolute atomic E-state index is 0.124. The Kier molecular flexibility index (Phi) is 8.75. The first-order chi connectivity index (χ1) is 11.0. The van der Waals surface area contributed by atoms with E-state index in [9.17, 15) is 9.59 Å². The van der Waals surface area contributed by atoms with Crippen molar-refractivity contribution >= 4 is 12.0 Å². The molecule has 2 amide bonds. The van der Waals surface area contributed by atoms with E-state index in [4.69, 9.17) is 9.47 Å². The summed E-state index contributed by atoms with van der Waals surface area (Å²) in [4.78, 5) is 22.9. The van der Waals surface area contributed by atoms with Gasteiger partial charge in [0.1, 0.15) is 0 Å². The predicted octanol–water partition coefficient (Wildman–Crippen LogP) is 2.36. The molecular weight excluding hydrogens is 296 g/mol. The molecule has 0 heterocycles. The molecule has 0 atom stereocenters. The van der Waals surface area contributed by atoms with Crippen molar-refractivity contribution in [3.8, 4) is 0 Å². The van der Waals surface area contributed by atoms with Crippen LogP contribution in [0.2, 0.25) is 0 Å². The quantitative estimate of drug-likeness (QED) is 0.732. The highest BCUT2D eigenvalue weighted by atomic mass is 16.5. The van der Waals surface area contributed by atoms with E-state index >= 15 is 0 Å². The van der Waals surface area contributed by atoms with Gasteiger partial charge in [0.2, 0.25) is 5.91 Å². The van der Waals surface area contributed by atoms with Crippen LogP contribution in [-0.2, 0) is 27.4 Å². The number of ether oxygens (including phenoxy) is 2. The molecule has 6 nitrogen and oxygen atoms in total. The van der Waals surface area contributed by atoms with Crippen LogP contribution >= 0.6 is 0 Å². The van der Waals surface area contributed by atoms with Crippen LogP contribution in [0.15, 0.2) is 24.3 Å². The predicted molar refractivity (Wildman–Crippen MR) is 87.9 cm³/mol. The van der Waals surface area contributed by atoms with Crippen molar-refractivity contribution < 1.29 is 19.1 Å². The van der Waals surface area contributed by atoms with Gasteiger partial charge in [-0.25, -0.2) is 4.79 Å². The van der Waals surface area contributed by atoms with E-state index in [1.165, 1.54) is 0 Å². The van der Waals surface area contributed by atoms with Gasteiger partial charge in [-0.05, 0) is 31.9 Å². The second kappa shape index (κ2) is 10.6. The molecule has 2 N–H and O–H groups in total. The molecular formula is C17H26N2O4. The Labute approximate surface area is 137 Å². The molecule has 0 saturated heterocycles. The minimum atomic E-state index is -0.503. The fourth-order valence-electron chi connectivity index (χ4n) is 1.87. The average Bonchev–Trinajstić information content (AvgIpc) is 2.52. The van der Waals surface area contributed by atoms with Gasteiger partial charge >= 0.3 is 6.09 Å². The maximum atomic E-state index is 11.8. The lowest BCUT2D eigenvalue weighted by Gasteiger charge is -2.13. The SMILES string of the molecule is CCOC(=O)NCCC(=O)NCc1ccccc1COC(C)C. The van der Waals surface area contributed by atoms with Crippen molar-refractivity contribution in [2.24, 2.45) is 0 Å². The summed E-state index contributed by atoms with van der Waals surface area (Å²) in [6.07, 6.45) is -0.133. The van der Waals surface area contributed by atoms with Crippen molar-refractivity contribution in [1.29, 1.82) is 0 Å². The van der Waals surface area contributed by atoms with Crippen LogP contribution in [0.4, 0.5) is 4.79 Å². The standard InChI is InChI=1S/C17H26N2O4/c1-4-22-17(21)18-10-9-16(20)19-11-14-7-5-6-8-15(14)12-23-13(2)3/h5-8,13H,4,9-12H2,1-3H3,(H,18,21)(H,19,20). The van der Waals surface area contributed by atoms with Gasteiger partial charge in [-0.15, -0.1) is 0 Å². The van der Waals surface area contributed by atoms with Crippen LogP contribution in [0.25, 0.3) is 0 Å². The van der Waals surface area contributed by atoms with Gasteiger partial charge in [0.25, 0.3) is 0 Å². The van der Waals surface area contributed by atoms with Gasteiger partial charge in [-0.3, -0.25) is 4.79 Å². The van der Waals surface area contributed by atoms with Crippen LogP contribution in [0.1, 0.15) is 38.3 Å². The zero-order chi connectivity index (χ0) is 17.1. The molecule has 23 heavy (non-hydrogen) atoms. The summed E-state index contributed by atoms with van der Waals surface area (Å²) in [6.45, 7) is 7.23. The van der Waals surface area contributed by atoms with Crippen molar-refractivity contribution in [2.45, 2.75) is 46.4 Å². The summed E-state index contributed by atoms with van der Waals surface area (Å²) in [7, 11) is 0. The summed E-state index contributed by atoms with van der Waals surface area (Å²) in [5, 5.41) is 5.36. The van der Waals surface area contributed by atoms with E-state index in [-0.39, 0.29) is 25.0 Å². The van der Waals surface area contributed by atoms with Gasteiger partial charge in [-0.2, -0.15) is 0 Å². The number of amides is 2.